The summed E-state index contributed by atoms with van der Waals surface area (Å²) in [6.45, 7) is 1.81. The first-order valence-electron chi connectivity index (χ1n) is 8.73. The summed E-state index contributed by atoms with van der Waals surface area (Å²) < 4.78 is 39.1. The fourth-order valence-corrected chi connectivity index (χ4v) is 3.03. The van der Waals surface area contributed by atoms with Gasteiger partial charge in [0.25, 0.3) is 0 Å². The van der Waals surface area contributed by atoms with Crippen molar-refractivity contribution < 1.29 is 23.0 Å². The maximum atomic E-state index is 13.9. The smallest absolute Gasteiger partial charge is 0.231 e. The molecule has 28 heavy (non-hydrogen) atoms. The largest absolute Gasteiger partial charge is 0.488 e. The van der Waals surface area contributed by atoms with Crippen molar-refractivity contribution in [2.24, 2.45) is 0 Å². The summed E-state index contributed by atoms with van der Waals surface area (Å²) in [5.41, 5.74) is 1.71. The van der Waals surface area contributed by atoms with E-state index in [-0.39, 0.29) is 29.5 Å². The molecule has 1 heterocycles. The Kier molecular flexibility index (Phi) is 4.65. The third-order valence-electron chi connectivity index (χ3n) is 4.57. The van der Waals surface area contributed by atoms with Crippen LogP contribution in [0.4, 0.5) is 8.78 Å². The summed E-state index contributed by atoms with van der Waals surface area (Å²) in [4.78, 5) is 12.6. The summed E-state index contributed by atoms with van der Waals surface area (Å²) in [6, 6.07) is 15.8. The van der Waals surface area contributed by atoms with E-state index in [1.165, 1.54) is 18.2 Å². The first-order chi connectivity index (χ1) is 13.5. The molecule has 3 nitrogen and oxygen atoms in total. The minimum Gasteiger partial charge on any atom is -0.488 e. The van der Waals surface area contributed by atoms with Crippen molar-refractivity contribution in [1.82, 2.24) is 0 Å². The van der Waals surface area contributed by atoms with Gasteiger partial charge in [-0.3, -0.25) is 4.79 Å². The molecule has 0 atom stereocenters. The van der Waals surface area contributed by atoms with E-state index in [9.17, 15) is 13.6 Å². The third kappa shape index (κ3) is 3.27. The van der Waals surface area contributed by atoms with Gasteiger partial charge in [-0.1, -0.05) is 36.4 Å². The van der Waals surface area contributed by atoms with E-state index in [1.807, 2.05) is 0 Å². The van der Waals surface area contributed by atoms with Crippen molar-refractivity contribution in [2.75, 3.05) is 0 Å². The average Bonchev–Trinajstić information content (AvgIpc) is 3.01. The molecular formula is C23H16F2O3. The molecule has 0 aliphatic carbocycles. The Hall–Kier alpha value is -3.47. The van der Waals surface area contributed by atoms with E-state index in [0.717, 1.165) is 0 Å². The lowest BCUT2D eigenvalue weighted by atomic mass is 10.1. The summed E-state index contributed by atoms with van der Waals surface area (Å²) in [6.07, 6.45) is 1.39. The van der Waals surface area contributed by atoms with Crippen LogP contribution in [0.1, 0.15) is 27.0 Å². The Morgan fingerprint density at radius 3 is 2.43 bits per heavy atom. The standard InChI is InChI=1S/C23H16F2O3/c1-14-20(27-13-16-7-3-5-9-19(16)25)11-10-17-22(26)21(28-23(14)17)12-15-6-2-4-8-18(15)24/h2-12H,13H2,1H3/b21-12-. The van der Waals surface area contributed by atoms with Gasteiger partial charge in [0.15, 0.2) is 5.76 Å². The van der Waals surface area contributed by atoms with Crippen LogP contribution in [0.5, 0.6) is 11.5 Å². The summed E-state index contributed by atoms with van der Waals surface area (Å²) in [5, 5.41) is 0. The van der Waals surface area contributed by atoms with Crippen molar-refractivity contribution in [3.63, 3.8) is 0 Å². The van der Waals surface area contributed by atoms with Crippen LogP contribution in [0.25, 0.3) is 6.08 Å². The van der Waals surface area contributed by atoms with Crippen LogP contribution in [0.2, 0.25) is 0 Å². The van der Waals surface area contributed by atoms with Crippen LogP contribution >= 0.6 is 0 Å². The van der Waals surface area contributed by atoms with Crippen molar-refractivity contribution in [3.8, 4) is 11.5 Å². The molecule has 3 aromatic rings. The van der Waals surface area contributed by atoms with Crippen LogP contribution in [0.3, 0.4) is 0 Å². The number of halogens is 2. The van der Waals surface area contributed by atoms with Crippen LogP contribution < -0.4 is 9.47 Å². The second kappa shape index (κ2) is 7.27. The van der Waals surface area contributed by atoms with Gasteiger partial charge < -0.3 is 9.47 Å². The molecule has 0 saturated heterocycles. The Bertz CT molecular complexity index is 1100. The van der Waals surface area contributed by atoms with Crippen molar-refractivity contribution in [3.05, 3.63) is 100 Å². The van der Waals surface area contributed by atoms with Gasteiger partial charge in [-0.2, -0.15) is 0 Å². The molecule has 0 aromatic heterocycles. The first-order valence-corrected chi connectivity index (χ1v) is 8.73. The number of carbonyl (C=O) groups excluding carboxylic acids is 1. The molecule has 1 aliphatic rings. The molecule has 0 spiro atoms. The molecule has 5 heteroatoms. The Balaban J connectivity index is 1.60. The highest BCUT2D eigenvalue weighted by Gasteiger charge is 2.30. The summed E-state index contributed by atoms with van der Waals surface area (Å²) in [5.74, 6) is -0.187. The van der Waals surface area contributed by atoms with Crippen LogP contribution in [0.15, 0.2) is 66.4 Å². The number of hydrogen-bond donors (Lipinski definition) is 0. The number of rotatable bonds is 4. The molecule has 0 amide bonds. The lowest BCUT2D eigenvalue weighted by Gasteiger charge is -2.12. The van der Waals surface area contributed by atoms with Gasteiger partial charge >= 0.3 is 0 Å². The number of hydrogen-bond acceptors (Lipinski definition) is 3. The molecule has 0 bridgehead atoms. The number of ether oxygens (including phenoxy) is 2. The number of allylic oxidation sites excluding steroid dienone is 1. The maximum Gasteiger partial charge on any atom is 0.231 e. The van der Waals surface area contributed by atoms with Gasteiger partial charge in [0.2, 0.25) is 5.78 Å². The quantitative estimate of drug-likeness (QED) is 0.565. The van der Waals surface area contributed by atoms with Gasteiger partial charge in [-0.05, 0) is 37.3 Å². The normalized spacial score (nSPS) is 14.1. The molecule has 3 aromatic carbocycles. The zero-order chi connectivity index (χ0) is 19.7. The minimum absolute atomic E-state index is 0.0504. The van der Waals surface area contributed by atoms with E-state index in [4.69, 9.17) is 9.47 Å². The zero-order valence-corrected chi connectivity index (χ0v) is 15.0. The molecule has 4 rings (SSSR count). The number of carbonyl (C=O) groups is 1. The van der Waals surface area contributed by atoms with Crippen molar-refractivity contribution in [2.45, 2.75) is 13.5 Å². The molecule has 0 unspecified atom stereocenters. The summed E-state index contributed by atoms with van der Waals surface area (Å²) in [7, 11) is 0. The monoisotopic (exact) mass is 378 g/mol. The first kappa shape index (κ1) is 17.9. The number of benzene rings is 3. The van der Waals surface area contributed by atoms with Crippen LogP contribution in [-0.4, -0.2) is 5.78 Å². The molecule has 0 saturated carbocycles. The Labute approximate surface area is 160 Å². The maximum absolute atomic E-state index is 13.9. The fourth-order valence-electron chi connectivity index (χ4n) is 3.03. The third-order valence-corrected chi connectivity index (χ3v) is 4.57. The van der Waals surface area contributed by atoms with Gasteiger partial charge in [-0.25, -0.2) is 8.78 Å². The van der Waals surface area contributed by atoms with Crippen LogP contribution in [-0.2, 0) is 6.61 Å². The minimum atomic E-state index is -0.437. The van der Waals surface area contributed by atoms with E-state index in [2.05, 4.69) is 0 Å². The van der Waals surface area contributed by atoms with Gasteiger partial charge in [0.1, 0.15) is 29.7 Å². The van der Waals surface area contributed by atoms with E-state index in [0.29, 0.717) is 28.2 Å². The topological polar surface area (TPSA) is 35.5 Å². The molecule has 0 fully saturated rings. The van der Waals surface area contributed by atoms with Gasteiger partial charge in [-0.15, -0.1) is 0 Å². The van der Waals surface area contributed by atoms with E-state index >= 15 is 0 Å². The van der Waals surface area contributed by atoms with Gasteiger partial charge in [0, 0.05) is 16.7 Å². The fraction of sp³-hybridized carbons (Fsp3) is 0.0870. The lowest BCUT2D eigenvalue weighted by molar-refractivity contribution is 0.101. The van der Waals surface area contributed by atoms with Crippen molar-refractivity contribution in [1.29, 1.82) is 0 Å². The zero-order valence-electron chi connectivity index (χ0n) is 15.0. The highest BCUT2D eigenvalue weighted by Crippen LogP contribution is 2.39. The van der Waals surface area contributed by atoms with Crippen LogP contribution in [0, 0.1) is 18.6 Å². The highest BCUT2D eigenvalue weighted by molar-refractivity contribution is 6.14. The average molecular weight is 378 g/mol. The second-order valence-electron chi connectivity index (χ2n) is 6.41. The predicted molar refractivity (Wildman–Crippen MR) is 101 cm³/mol. The van der Waals surface area contributed by atoms with Gasteiger partial charge in [0.05, 0.1) is 5.56 Å². The number of fused-ring (bicyclic) bond motifs is 1. The van der Waals surface area contributed by atoms with Crippen molar-refractivity contribution >= 4 is 11.9 Å². The Morgan fingerprint density at radius 1 is 0.964 bits per heavy atom. The predicted octanol–water partition coefficient (Wildman–Crippen LogP) is 5.47. The molecule has 0 N–H and O–H groups in total. The highest BCUT2D eigenvalue weighted by atomic mass is 19.1. The van der Waals surface area contributed by atoms with E-state index in [1.54, 1.807) is 55.5 Å². The number of Topliss-reactive ketones (excluding diaryl/α,β-unsaturated/α-hetero) is 1. The SMILES string of the molecule is Cc1c(OCc2ccccc2F)ccc2c1O/C(=C\c1ccccc1F)C2=O. The Morgan fingerprint density at radius 2 is 1.68 bits per heavy atom. The van der Waals surface area contributed by atoms with E-state index < -0.39 is 5.82 Å². The molecule has 0 radical (unpaired) electrons. The summed E-state index contributed by atoms with van der Waals surface area (Å²) >= 11 is 0. The lowest BCUT2D eigenvalue weighted by Crippen LogP contribution is -2.00. The second-order valence-corrected chi connectivity index (χ2v) is 6.41. The molecular weight excluding hydrogens is 362 g/mol. The number of ketones is 1. The molecule has 1 aliphatic heterocycles. The molecule has 140 valence electrons.